The Bertz CT molecular complexity index is 405. The van der Waals surface area contributed by atoms with Gasteiger partial charge in [-0.25, -0.2) is 0 Å². The Balaban J connectivity index is 2.36. The van der Waals surface area contributed by atoms with Gasteiger partial charge in [-0.3, -0.25) is 4.79 Å². The van der Waals surface area contributed by atoms with Crippen molar-refractivity contribution in [3.63, 3.8) is 0 Å². The van der Waals surface area contributed by atoms with E-state index in [1.165, 1.54) is 6.07 Å². The second-order valence-electron chi connectivity index (χ2n) is 4.51. The molecule has 0 radical (unpaired) electrons. The van der Waals surface area contributed by atoms with E-state index in [0.29, 0.717) is 18.2 Å². The molecule has 0 aliphatic carbocycles. The fourth-order valence-electron chi connectivity index (χ4n) is 1.35. The molecule has 0 saturated heterocycles. The van der Waals surface area contributed by atoms with Crippen LogP contribution in [0.4, 0.5) is 5.69 Å². The van der Waals surface area contributed by atoms with Gasteiger partial charge in [-0.05, 0) is 24.5 Å². The number of phenolic OH excluding ortho intramolecular Hbond substituents is 1. The number of nitrogen functional groups attached to an aromatic ring is 1. The molecule has 1 aromatic carbocycles. The third-order valence-corrected chi connectivity index (χ3v) is 2.45. The number of hydrogen-bond acceptors (Lipinski definition) is 4. The van der Waals surface area contributed by atoms with Gasteiger partial charge in [0.2, 0.25) is 0 Å². The zero-order valence-electron chi connectivity index (χ0n) is 10.8. The monoisotopic (exact) mass is 252 g/mol. The molecule has 4 N–H and O–H groups in total. The number of nitrogens with one attached hydrogen (secondary N) is 1. The summed E-state index contributed by atoms with van der Waals surface area (Å²) in [5.74, 6) is 0.619. The molecule has 0 bridgehead atoms. The number of hydrogen-bond donors (Lipinski definition) is 3. The third-order valence-electron chi connectivity index (χ3n) is 2.45. The van der Waals surface area contributed by atoms with E-state index in [1.54, 1.807) is 12.1 Å². The molecule has 1 rings (SSSR count). The number of anilines is 1. The lowest BCUT2D eigenvalue weighted by Crippen LogP contribution is -2.30. The SMILES string of the molecule is CC(C)CCNC(=O)COc1cccc(O)c1N. The van der Waals surface area contributed by atoms with Crippen LogP contribution in [0.1, 0.15) is 20.3 Å². The number of phenols is 1. The second-order valence-corrected chi connectivity index (χ2v) is 4.51. The normalized spacial score (nSPS) is 10.4. The molecule has 1 amide bonds. The summed E-state index contributed by atoms with van der Waals surface area (Å²) in [6.45, 7) is 4.72. The summed E-state index contributed by atoms with van der Waals surface area (Å²) < 4.78 is 5.24. The van der Waals surface area contributed by atoms with Crippen molar-refractivity contribution in [3.05, 3.63) is 18.2 Å². The number of aromatic hydroxyl groups is 1. The summed E-state index contributed by atoms with van der Waals surface area (Å²) in [6.07, 6.45) is 0.931. The van der Waals surface area contributed by atoms with E-state index >= 15 is 0 Å². The van der Waals surface area contributed by atoms with Crippen LogP contribution in [-0.2, 0) is 4.79 Å². The quantitative estimate of drug-likeness (QED) is 0.529. The van der Waals surface area contributed by atoms with Gasteiger partial charge in [0.15, 0.2) is 6.61 Å². The molecule has 5 heteroatoms. The van der Waals surface area contributed by atoms with Gasteiger partial charge in [-0.1, -0.05) is 19.9 Å². The highest BCUT2D eigenvalue weighted by molar-refractivity contribution is 5.77. The number of para-hydroxylation sites is 1. The van der Waals surface area contributed by atoms with E-state index in [0.717, 1.165) is 6.42 Å². The lowest BCUT2D eigenvalue weighted by Gasteiger charge is -2.10. The van der Waals surface area contributed by atoms with Crippen LogP contribution in [0.15, 0.2) is 18.2 Å². The van der Waals surface area contributed by atoms with Crippen LogP contribution in [-0.4, -0.2) is 24.2 Å². The Morgan fingerprint density at radius 1 is 1.50 bits per heavy atom. The van der Waals surface area contributed by atoms with Crippen LogP contribution in [0.25, 0.3) is 0 Å². The molecule has 1 aromatic rings. The number of ether oxygens (including phenoxy) is 1. The lowest BCUT2D eigenvalue weighted by atomic mass is 10.1. The van der Waals surface area contributed by atoms with Crippen LogP contribution in [0.2, 0.25) is 0 Å². The summed E-state index contributed by atoms with van der Waals surface area (Å²) in [5, 5.41) is 12.1. The molecule has 5 nitrogen and oxygen atoms in total. The Hall–Kier alpha value is -1.91. The maximum Gasteiger partial charge on any atom is 0.257 e. The molecule has 0 atom stereocenters. The summed E-state index contributed by atoms with van der Waals surface area (Å²) in [4.78, 5) is 11.5. The predicted octanol–water partition coefficient (Wildman–Crippen LogP) is 1.52. The fourth-order valence-corrected chi connectivity index (χ4v) is 1.35. The van der Waals surface area contributed by atoms with Crippen molar-refractivity contribution in [1.82, 2.24) is 5.32 Å². The Morgan fingerprint density at radius 3 is 2.89 bits per heavy atom. The van der Waals surface area contributed by atoms with Gasteiger partial charge in [0.1, 0.15) is 17.2 Å². The largest absolute Gasteiger partial charge is 0.506 e. The first-order valence-electron chi connectivity index (χ1n) is 5.97. The number of amides is 1. The standard InChI is InChI=1S/C13H20N2O3/c1-9(2)6-7-15-12(17)8-18-11-5-3-4-10(16)13(11)14/h3-5,9,16H,6-8,14H2,1-2H3,(H,15,17). The highest BCUT2D eigenvalue weighted by atomic mass is 16.5. The average molecular weight is 252 g/mol. The van der Waals surface area contributed by atoms with Crippen LogP contribution < -0.4 is 15.8 Å². The minimum Gasteiger partial charge on any atom is -0.506 e. The van der Waals surface area contributed by atoms with Gasteiger partial charge in [-0.15, -0.1) is 0 Å². The van der Waals surface area contributed by atoms with Crippen molar-refractivity contribution < 1.29 is 14.6 Å². The minimum absolute atomic E-state index is 0.0484. The molecule has 0 aromatic heterocycles. The first-order chi connectivity index (χ1) is 8.50. The minimum atomic E-state index is -0.196. The number of carbonyl (C=O) groups is 1. The molecule has 100 valence electrons. The highest BCUT2D eigenvalue weighted by Crippen LogP contribution is 2.29. The molecule has 18 heavy (non-hydrogen) atoms. The lowest BCUT2D eigenvalue weighted by molar-refractivity contribution is -0.123. The number of nitrogens with two attached hydrogens (primary N) is 1. The smallest absolute Gasteiger partial charge is 0.257 e. The van der Waals surface area contributed by atoms with E-state index in [-0.39, 0.29) is 24.0 Å². The summed E-state index contributed by atoms with van der Waals surface area (Å²) >= 11 is 0. The average Bonchev–Trinajstić information content (AvgIpc) is 2.30. The molecule has 0 spiro atoms. The Labute approximate surface area is 107 Å². The predicted molar refractivity (Wildman–Crippen MR) is 70.5 cm³/mol. The number of benzene rings is 1. The van der Waals surface area contributed by atoms with Crippen molar-refractivity contribution in [2.75, 3.05) is 18.9 Å². The van der Waals surface area contributed by atoms with E-state index in [4.69, 9.17) is 10.5 Å². The fraction of sp³-hybridized carbons (Fsp3) is 0.462. The van der Waals surface area contributed by atoms with Gasteiger partial charge in [0, 0.05) is 6.54 Å². The van der Waals surface area contributed by atoms with Gasteiger partial charge in [-0.2, -0.15) is 0 Å². The van der Waals surface area contributed by atoms with Gasteiger partial charge in [0.05, 0.1) is 0 Å². The van der Waals surface area contributed by atoms with Crippen molar-refractivity contribution in [3.8, 4) is 11.5 Å². The molecule has 0 saturated carbocycles. The van der Waals surface area contributed by atoms with Crippen LogP contribution >= 0.6 is 0 Å². The van der Waals surface area contributed by atoms with Gasteiger partial charge >= 0.3 is 0 Å². The van der Waals surface area contributed by atoms with E-state index < -0.39 is 0 Å². The maximum atomic E-state index is 11.5. The topological polar surface area (TPSA) is 84.6 Å². The summed E-state index contributed by atoms with van der Waals surface area (Å²) in [5.41, 5.74) is 5.75. The van der Waals surface area contributed by atoms with Crippen molar-refractivity contribution in [1.29, 1.82) is 0 Å². The molecular formula is C13H20N2O3. The molecule has 0 heterocycles. The molecule has 0 fully saturated rings. The Morgan fingerprint density at radius 2 is 2.22 bits per heavy atom. The second kappa shape index (κ2) is 6.74. The van der Waals surface area contributed by atoms with Crippen molar-refractivity contribution in [2.45, 2.75) is 20.3 Å². The number of carbonyl (C=O) groups excluding carboxylic acids is 1. The summed E-state index contributed by atoms with van der Waals surface area (Å²) in [7, 11) is 0. The van der Waals surface area contributed by atoms with Crippen LogP contribution in [0.3, 0.4) is 0 Å². The van der Waals surface area contributed by atoms with Gasteiger partial charge in [0.25, 0.3) is 5.91 Å². The van der Waals surface area contributed by atoms with Crippen LogP contribution in [0.5, 0.6) is 11.5 Å². The first-order valence-corrected chi connectivity index (χ1v) is 5.97. The first kappa shape index (κ1) is 14.2. The zero-order chi connectivity index (χ0) is 13.5. The zero-order valence-corrected chi connectivity index (χ0v) is 10.8. The maximum absolute atomic E-state index is 11.5. The molecule has 0 unspecified atom stereocenters. The van der Waals surface area contributed by atoms with Crippen molar-refractivity contribution >= 4 is 11.6 Å². The molecule has 0 aliphatic heterocycles. The summed E-state index contributed by atoms with van der Waals surface area (Å²) in [6, 6.07) is 4.68. The Kier molecular flexibility index (Phi) is 5.30. The van der Waals surface area contributed by atoms with Crippen LogP contribution in [0, 0.1) is 5.92 Å². The van der Waals surface area contributed by atoms with E-state index in [2.05, 4.69) is 19.2 Å². The third kappa shape index (κ3) is 4.53. The molecular weight excluding hydrogens is 232 g/mol. The number of rotatable bonds is 6. The van der Waals surface area contributed by atoms with Gasteiger partial charge < -0.3 is 20.9 Å². The highest BCUT2D eigenvalue weighted by Gasteiger charge is 2.07. The van der Waals surface area contributed by atoms with E-state index in [1.807, 2.05) is 0 Å². The molecule has 0 aliphatic rings. The van der Waals surface area contributed by atoms with E-state index in [9.17, 15) is 9.90 Å². The van der Waals surface area contributed by atoms with Crippen molar-refractivity contribution in [2.24, 2.45) is 5.92 Å².